The maximum atomic E-state index is 13.4. The monoisotopic (exact) mass is 270 g/mol. The number of hydrogen-bond acceptors (Lipinski definition) is 4. The molecule has 0 spiro atoms. The Bertz CT molecular complexity index is 677. The normalized spacial score (nSPS) is 9.65. The predicted molar refractivity (Wildman–Crippen MR) is 72.9 cm³/mol. The molecule has 1 heterocycles. The van der Waals surface area contributed by atoms with E-state index >= 15 is 0 Å². The number of amides is 1. The van der Waals surface area contributed by atoms with Crippen molar-refractivity contribution in [2.75, 3.05) is 17.7 Å². The Balaban J connectivity index is 2.23. The van der Waals surface area contributed by atoms with Crippen LogP contribution in [-0.4, -0.2) is 17.9 Å². The lowest BCUT2D eigenvalue weighted by molar-refractivity contribution is 0.102. The van der Waals surface area contributed by atoms with E-state index in [9.17, 15) is 9.18 Å². The van der Waals surface area contributed by atoms with E-state index in [0.29, 0.717) is 0 Å². The zero-order chi connectivity index (χ0) is 14.5. The first-order valence-corrected chi connectivity index (χ1v) is 5.79. The van der Waals surface area contributed by atoms with Crippen molar-refractivity contribution >= 4 is 17.3 Å². The molecule has 0 radical (unpaired) electrons. The molecular weight excluding hydrogens is 259 g/mol. The van der Waals surface area contributed by atoms with Crippen LogP contribution >= 0.6 is 0 Å². The summed E-state index contributed by atoms with van der Waals surface area (Å²) in [5, 5.41) is 14.2. The number of carbonyl (C=O) groups is 1. The first-order chi connectivity index (χ1) is 9.65. The van der Waals surface area contributed by atoms with Crippen LogP contribution in [0.1, 0.15) is 16.1 Å². The van der Waals surface area contributed by atoms with Crippen molar-refractivity contribution in [3.8, 4) is 6.07 Å². The molecule has 0 aliphatic heterocycles. The van der Waals surface area contributed by atoms with E-state index < -0.39 is 11.7 Å². The summed E-state index contributed by atoms with van der Waals surface area (Å²) in [6.45, 7) is 0. The minimum Gasteiger partial charge on any atom is -0.387 e. The fraction of sp³-hybridized carbons (Fsp3) is 0.0714. The molecule has 2 N–H and O–H groups in total. The van der Waals surface area contributed by atoms with Gasteiger partial charge in [-0.25, -0.2) is 9.37 Å². The Hall–Kier alpha value is -2.94. The second kappa shape index (κ2) is 5.80. The Morgan fingerprint density at radius 3 is 2.75 bits per heavy atom. The quantitative estimate of drug-likeness (QED) is 0.897. The molecule has 1 aromatic heterocycles. The van der Waals surface area contributed by atoms with Gasteiger partial charge in [0.05, 0.1) is 17.6 Å². The predicted octanol–water partition coefficient (Wildman–Crippen LogP) is 2.39. The lowest BCUT2D eigenvalue weighted by atomic mass is 10.2. The van der Waals surface area contributed by atoms with Crippen LogP contribution in [0.25, 0.3) is 0 Å². The molecule has 0 saturated heterocycles. The third-order valence-corrected chi connectivity index (χ3v) is 2.66. The molecule has 6 heteroatoms. The molecule has 100 valence electrons. The highest BCUT2D eigenvalue weighted by molar-refractivity contribution is 6.03. The molecule has 0 unspecified atom stereocenters. The van der Waals surface area contributed by atoms with E-state index in [0.717, 1.165) is 11.8 Å². The molecule has 0 aliphatic carbocycles. The van der Waals surface area contributed by atoms with E-state index in [4.69, 9.17) is 5.26 Å². The molecule has 1 amide bonds. The smallest absolute Gasteiger partial charge is 0.274 e. The number of anilines is 2. The lowest BCUT2D eigenvalue weighted by Crippen LogP contribution is -2.14. The summed E-state index contributed by atoms with van der Waals surface area (Å²) < 4.78 is 13.4. The van der Waals surface area contributed by atoms with E-state index in [1.165, 1.54) is 24.4 Å². The van der Waals surface area contributed by atoms with E-state index in [1.807, 2.05) is 0 Å². The first kappa shape index (κ1) is 13.5. The number of benzene rings is 1. The number of halogens is 1. The standard InChI is InChI=1S/C14H11FN4O/c1-17-9-5-6-13(18-8-9)14(20)19-12-4-2-3-11(15)10(12)7-16/h2-6,8,17H,1H3,(H,19,20). The van der Waals surface area contributed by atoms with Crippen molar-refractivity contribution in [1.82, 2.24) is 4.98 Å². The van der Waals surface area contributed by atoms with Crippen LogP contribution in [0.4, 0.5) is 15.8 Å². The van der Waals surface area contributed by atoms with Gasteiger partial charge in [-0.1, -0.05) is 6.07 Å². The number of rotatable bonds is 3. The Labute approximate surface area is 115 Å². The van der Waals surface area contributed by atoms with Gasteiger partial charge in [-0.3, -0.25) is 4.79 Å². The summed E-state index contributed by atoms with van der Waals surface area (Å²) in [4.78, 5) is 15.9. The molecular formula is C14H11FN4O. The van der Waals surface area contributed by atoms with Gasteiger partial charge in [0, 0.05) is 7.05 Å². The maximum Gasteiger partial charge on any atom is 0.274 e. The molecule has 20 heavy (non-hydrogen) atoms. The summed E-state index contributed by atoms with van der Waals surface area (Å²) in [6, 6.07) is 8.99. The fourth-order valence-corrected chi connectivity index (χ4v) is 1.60. The zero-order valence-electron chi connectivity index (χ0n) is 10.6. The highest BCUT2D eigenvalue weighted by Crippen LogP contribution is 2.18. The van der Waals surface area contributed by atoms with Crippen molar-refractivity contribution in [2.24, 2.45) is 0 Å². The number of pyridine rings is 1. The minimum atomic E-state index is -0.677. The molecule has 0 atom stereocenters. The van der Waals surface area contributed by atoms with Crippen molar-refractivity contribution in [3.05, 3.63) is 53.6 Å². The second-order valence-corrected chi connectivity index (χ2v) is 3.91. The van der Waals surface area contributed by atoms with Crippen LogP contribution in [0, 0.1) is 17.1 Å². The van der Waals surface area contributed by atoms with Crippen LogP contribution in [0.15, 0.2) is 36.5 Å². The summed E-state index contributed by atoms with van der Waals surface area (Å²) in [7, 11) is 1.74. The number of nitrogens with zero attached hydrogens (tertiary/aromatic N) is 2. The van der Waals surface area contributed by atoms with Gasteiger partial charge in [0.2, 0.25) is 0 Å². The second-order valence-electron chi connectivity index (χ2n) is 3.91. The highest BCUT2D eigenvalue weighted by atomic mass is 19.1. The number of hydrogen-bond donors (Lipinski definition) is 2. The fourth-order valence-electron chi connectivity index (χ4n) is 1.60. The van der Waals surface area contributed by atoms with Crippen LogP contribution < -0.4 is 10.6 Å². The first-order valence-electron chi connectivity index (χ1n) is 5.79. The summed E-state index contributed by atoms with van der Waals surface area (Å²) in [6.07, 6.45) is 1.51. The largest absolute Gasteiger partial charge is 0.387 e. The molecule has 2 aromatic rings. The van der Waals surface area contributed by atoms with Gasteiger partial charge in [0.15, 0.2) is 0 Å². The minimum absolute atomic E-state index is 0.122. The molecule has 0 bridgehead atoms. The highest BCUT2D eigenvalue weighted by Gasteiger charge is 2.12. The zero-order valence-corrected chi connectivity index (χ0v) is 10.6. The van der Waals surface area contributed by atoms with Crippen molar-refractivity contribution in [2.45, 2.75) is 0 Å². The lowest BCUT2D eigenvalue weighted by Gasteiger charge is -2.07. The maximum absolute atomic E-state index is 13.4. The van der Waals surface area contributed by atoms with Gasteiger partial charge in [0.1, 0.15) is 23.1 Å². The van der Waals surface area contributed by atoms with Crippen molar-refractivity contribution in [1.29, 1.82) is 5.26 Å². The van der Waals surface area contributed by atoms with Crippen LogP contribution in [0.3, 0.4) is 0 Å². The van der Waals surface area contributed by atoms with E-state index in [1.54, 1.807) is 19.2 Å². The summed E-state index contributed by atoms with van der Waals surface area (Å²) in [5.41, 5.74) is 0.867. The molecule has 0 fully saturated rings. The van der Waals surface area contributed by atoms with E-state index in [-0.39, 0.29) is 16.9 Å². The molecule has 5 nitrogen and oxygen atoms in total. The van der Waals surface area contributed by atoms with Crippen LogP contribution in [0.5, 0.6) is 0 Å². The summed E-state index contributed by atoms with van der Waals surface area (Å²) in [5.74, 6) is -1.18. The van der Waals surface area contributed by atoms with Gasteiger partial charge >= 0.3 is 0 Å². The Morgan fingerprint density at radius 1 is 1.35 bits per heavy atom. The van der Waals surface area contributed by atoms with Crippen LogP contribution in [-0.2, 0) is 0 Å². The van der Waals surface area contributed by atoms with Gasteiger partial charge in [-0.05, 0) is 24.3 Å². The number of nitrogens with one attached hydrogen (secondary N) is 2. The Morgan fingerprint density at radius 2 is 2.15 bits per heavy atom. The van der Waals surface area contributed by atoms with Crippen LogP contribution in [0.2, 0.25) is 0 Å². The number of carbonyl (C=O) groups excluding carboxylic acids is 1. The van der Waals surface area contributed by atoms with Gasteiger partial charge in [-0.15, -0.1) is 0 Å². The average molecular weight is 270 g/mol. The van der Waals surface area contributed by atoms with Crippen molar-refractivity contribution < 1.29 is 9.18 Å². The third kappa shape index (κ3) is 2.72. The molecule has 2 rings (SSSR count). The van der Waals surface area contributed by atoms with Gasteiger partial charge in [0.25, 0.3) is 5.91 Å². The van der Waals surface area contributed by atoms with Gasteiger partial charge < -0.3 is 10.6 Å². The SMILES string of the molecule is CNc1ccc(C(=O)Nc2cccc(F)c2C#N)nc1. The molecule has 1 aromatic carbocycles. The molecule has 0 aliphatic rings. The van der Waals surface area contributed by atoms with E-state index in [2.05, 4.69) is 15.6 Å². The Kier molecular flexibility index (Phi) is 3.91. The summed E-state index contributed by atoms with van der Waals surface area (Å²) >= 11 is 0. The average Bonchev–Trinajstić information content (AvgIpc) is 2.47. The number of nitriles is 1. The van der Waals surface area contributed by atoms with Crippen molar-refractivity contribution in [3.63, 3.8) is 0 Å². The topological polar surface area (TPSA) is 77.8 Å². The van der Waals surface area contributed by atoms with Gasteiger partial charge in [-0.2, -0.15) is 5.26 Å². The number of aromatic nitrogens is 1. The third-order valence-electron chi connectivity index (χ3n) is 2.66. The molecule has 0 saturated carbocycles.